The predicted octanol–water partition coefficient (Wildman–Crippen LogP) is 2.78. The Morgan fingerprint density at radius 1 is 0.946 bits per heavy atom. The summed E-state index contributed by atoms with van der Waals surface area (Å²) in [7, 11) is 0. The number of benzene rings is 2. The number of nitrogens with one attached hydrogen (secondary N) is 1. The van der Waals surface area contributed by atoms with Crippen molar-refractivity contribution in [3.8, 4) is 0 Å². The molecule has 1 unspecified atom stereocenters. The highest BCUT2D eigenvalue weighted by Gasteiger charge is 2.61. The zero-order chi connectivity index (χ0) is 26.4. The second kappa shape index (κ2) is 11.9. The van der Waals surface area contributed by atoms with E-state index < -0.39 is 23.5 Å². The van der Waals surface area contributed by atoms with Crippen LogP contribution in [0.25, 0.3) is 0 Å². The Labute approximate surface area is 218 Å². The molecule has 198 valence electrons. The Morgan fingerprint density at radius 3 is 1.95 bits per heavy atom. The Balaban J connectivity index is 1.44. The molecule has 2 fully saturated rings. The van der Waals surface area contributed by atoms with Gasteiger partial charge in [-0.15, -0.1) is 0 Å². The van der Waals surface area contributed by atoms with Crippen LogP contribution >= 0.6 is 0 Å². The summed E-state index contributed by atoms with van der Waals surface area (Å²) in [6.07, 6.45) is 0.473. The quantitative estimate of drug-likeness (QED) is 0.302. The Morgan fingerprint density at radius 2 is 1.49 bits per heavy atom. The van der Waals surface area contributed by atoms with Crippen molar-refractivity contribution in [2.75, 3.05) is 39.4 Å². The third kappa shape index (κ3) is 6.19. The first-order valence-electron chi connectivity index (χ1n) is 13.1. The number of esters is 1. The van der Waals surface area contributed by atoms with Gasteiger partial charge >= 0.3 is 5.97 Å². The van der Waals surface area contributed by atoms with Crippen LogP contribution in [0.1, 0.15) is 44.4 Å². The van der Waals surface area contributed by atoms with Crippen LogP contribution in [0, 0.1) is 5.92 Å². The van der Waals surface area contributed by atoms with Gasteiger partial charge in [0, 0.05) is 26.2 Å². The number of nitrogens with zero attached hydrogens (tertiary/aromatic N) is 2. The molecule has 0 radical (unpaired) electrons. The number of hydrogen-bond donors (Lipinski definition) is 1. The first-order chi connectivity index (χ1) is 17.9. The average molecular weight is 508 g/mol. The number of rotatable bonds is 10. The van der Waals surface area contributed by atoms with E-state index in [2.05, 4.69) is 58.7 Å². The van der Waals surface area contributed by atoms with Gasteiger partial charge in [0.1, 0.15) is 6.04 Å². The molecule has 2 amide bonds. The maximum absolute atomic E-state index is 13.6. The van der Waals surface area contributed by atoms with E-state index in [1.54, 1.807) is 6.92 Å². The van der Waals surface area contributed by atoms with Crippen molar-refractivity contribution in [3.63, 3.8) is 0 Å². The van der Waals surface area contributed by atoms with Crippen molar-refractivity contribution in [1.82, 2.24) is 15.1 Å². The maximum Gasteiger partial charge on any atom is 0.350 e. The van der Waals surface area contributed by atoms with Crippen LogP contribution in [0.3, 0.4) is 0 Å². The van der Waals surface area contributed by atoms with Crippen LogP contribution in [0.2, 0.25) is 0 Å². The fraction of sp³-hybridized carbons (Fsp3) is 0.483. The first-order valence-corrected chi connectivity index (χ1v) is 13.1. The second-order valence-electron chi connectivity index (χ2n) is 10.1. The molecule has 0 aliphatic carbocycles. The molecule has 8 heteroatoms. The number of epoxide rings is 1. The molecule has 2 aliphatic heterocycles. The van der Waals surface area contributed by atoms with Gasteiger partial charge in [-0.1, -0.05) is 74.5 Å². The normalized spacial score (nSPS) is 20.5. The minimum Gasteiger partial charge on any atom is -0.463 e. The van der Waals surface area contributed by atoms with Crippen molar-refractivity contribution >= 4 is 17.8 Å². The third-order valence-electron chi connectivity index (χ3n) is 6.94. The highest BCUT2D eigenvalue weighted by molar-refractivity contribution is 6.10. The van der Waals surface area contributed by atoms with Gasteiger partial charge in [-0.3, -0.25) is 14.5 Å². The Bertz CT molecular complexity index is 1020. The summed E-state index contributed by atoms with van der Waals surface area (Å²) in [5, 5.41) is 2.80. The largest absolute Gasteiger partial charge is 0.463 e. The summed E-state index contributed by atoms with van der Waals surface area (Å²) >= 11 is 0. The molecule has 2 aliphatic rings. The minimum atomic E-state index is -1.62. The number of carbonyl (C=O) groups is 3. The van der Waals surface area contributed by atoms with Crippen LogP contribution in [0.4, 0.5) is 0 Å². The van der Waals surface area contributed by atoms with Gasteiger partial charge in [-0.25, -0.2) is 4.79 Å². The van der Waals surface area contributed by atoms with Crippen molar-refractivity contribution < 1.29 is 23.9 Å². The summed E-state index contributed by atoms with van der Waals surface area (Å²) < 4.78 is 10.2. The number of carbonyl (C=O) groups excluding carboxylic acids is 3. The lowest BCUT2D eigenvalue weighted by Gasteiger charge is -2.41. The Hall–Kier alpha value is -3.23. The van der Waals surface area contributed by atoms with E-state index in [0.29, 0.717) is 32.6 Å². The van der Waals surface area contributed by atoms with E-state index >= 15 is 0 Å². The van der Waals surface area contributed by atoms with Gasteiger partial charge in [0.25, 0.3) is 11.5 Å². The lowest BCUT2D eigenvalue weighted by Crippen LogP contribution is -2.57. The van der Waals surface area contributed by atoms with E-state index in [4.69, 9.17) is 9.47 Å². The maximum atomic E-state index is 13.6. The molecule has 2 aromatic carbocycles. The van der Waals surface area contributed by atoms with Gasteiger partial charge < -0.3 is 19.7 Å². The molecule has 4 rings (SSSR count). The molecule has 2 atom stereocenters. The topological polar surface area (TPSA) is 91.5 Å². The molecule has 0 spiro atoms. The van der Waals surface area contributed by atoms with E-state index in [1.165, 1.54) is 11.1 Å². The second-order valence-corrected chi connectivity index (χ2v) is 10.1. The van der Waals surface area contributed by atoms with E-state index in [1.807, 2.05) is 30.9 Å². The molecule has 2 heterocycles. The van der Waals surface area contributed by atoms with Gasteiger partial charge in [-0.05, 0) is 30.4 Å². The van der Waals surface area contributed by atoms with Crippen molar-refractivity contribution in [2.45, 2.75) is 44.9 Å². The first kappa shape index (κ1) is 26.8. The Kier molecular flexibility index (Phi) is 8.61. The summed E-state index contributed by atoms with van der Waals surface area (Å²) in [6.45, 7) is 8.33. The fourth-order valence-corrected chi connectivity index (χ4v) is 4.93. The van der Waals surface area contributed by atoms with E-state index in [-0.39, 0.29) is 31.1 Å². The fourth-order valence-electron chi connectivity index (χ4n) is 4.93. The molecular weight excluding hydrogens is 470 g/mol. The molecule has 8 nitrogen and oxygen atoms in total. The van der Waals surface area contributed by atoms with Crippen molar-refractivity contribution in [2.24, 2.45) is 5.92 Å². The minimum absolute atomic E-state index is 0.0285. The average Bonchev–Trinajstić information content (AvgIpc) is 3.72. The molecule has 0 saturated carbocycles. The lowest BCUT2D eigenvalue weighted by atomic mass is 9.96. The lowest BCUT2D eigenvalue weighted by molar-refractivity contribution is -0.155. The van der Waals surface area contributed by atoms with Gasteiger partial charge in [0.15, 0.2) is 0 Å². The summed E-state index contributed by atoms with van der Waals surface area (Å²) in [5.74, 6) is -1.26. The molecule has 2 saturated heterocycles. The highest BCUT2D eigenvalue weighted by atomic mass is 16.6. The van der Waals surface area contributed by atoms with Gasteiger partial charge in [-0.2, -0.15) is 0 Å². The summed E-state index contributed by atoms with van der Waals surface area (Å²) in [6, 6.07) is 20.2. The zero-order valence-electron chi connectivity index (χ0n) is 21.9. The molecule has 0 aromatic heterocycles. The number of hydrogen-bond acceptors (Lipinski definition) is 6. The summed E-state index contributed by atoms with van der Waals surface area (Å²) in [4.78, 5) is 43.0. The van der Waals surface area contributed by atoms with Crippen LogP contribution in [0.15, 0.2) is 60.7 Å². The van der Waals surface area contributed by atoms with Crippen LogP contribution in [-0.2, 0) is 23.9 Å². The monoisotopic (exact) mass is 507 g/mol. The summed E-state index contributed by atoms with van der Waals surface area (Å²) in [5.41, 5.74) is 0.808. The number of amides is 2. The van der Waals surface area contributed by atoms with Gasteiger partial charge in [0.05, 0.1) is 19.3 Å². The molecule has 2 aromatic rings. The predicted molar refractivity (Wildman–Crippen MR) is 140 cm³/mol. The molecule has 1 N–H and O–H groups in total. The van der Waals surface area contributed by atoms with Crippen LogP contribution in [0.5, 0.6) is 0 Å². The highest BCUT2D eigenvalue weighted by Crippen LogP contribution is 2.31. The van der Waals surface area contributed by atoms with Gasteiger partial charge in [0.2, 0.25) is 5.91 Å². The molecule has 0 bridgehead atoms. The van der Waals surface area contributed by atoms with E-state index in [0.717, 1.165) is 0 Å². The van der Waals surface area contributed by atoms with E-state index in [9.17, 15) is 14.4 Å². The molecular formula is C29H37N3O5. The van der Waals surface area contributed by atoms with Crippen LogP contribution < -0.4 is 5.32 Å². The number of ether oxygens (including phenoxy) is 2. The smallest absolute Gasteiger partial charge is 0.350 e. The number of piperazine rings is 1. The standard InChI is InChI=1S/C29H37N3O5/c1-4-36-28(35)29(20-37-29)27(34)30-24(19-21(2)3)26(33)32-17-15-31(16-18-32)25(22-11-7-5-8-12-22)23-13-9-6-10-14-23/h5-14,21,24-25H,4,15-20H2,1-3H3,(H,30,34)/t24-,29?/m0/s1. The van der Waals surface area contributed by atoms with Crippen LogP contribution in [-0.4, -0.2) is 78.6 Å². The van der Waals surface area contributed by atoms with Crippen molar-refractivity contribution in [1.29, 1.82) is 0 Å². The third-order valence-corrected chi connectivity index (χ3v) is 6.94. The SMILES string of the molecule is CCOC(=O)C1(C(=O)N[C@@H](CC(C)C)C(=O)N2CCN(C(c3ccccc3)c3ccccc3)CC2)CO1. The van der Waals surface area contributed by atoms with Crippen molar-refractivity contribution in [3.05, 3.63) is 71.8 Å². The molecule has 37 heavy (non-hydrogen) atoms. The zero-order valence-corrected chi connectivity index (χ0v) is 21.9.